The van der Waals surface area contributed by atoms with Crippen molar-refractivity contribution >= 4 is 11.8 Å². The fourth-order valence-corrected chi connectivity index (χ4v) is 4.69. The van der Waals surface area contributed by atoms with Gasteiger partial charge in [0, 0.05) is 19.3 Å². The van der Waals surface area contributed by atoms with Crippen molar-refractivity contribution in [2.75, 3.05) is 32.8 Å². The molecule has 2 bridgehead atoms. The number of morpholine rings is 1. The zero-order chi connectivity index (χ0) is 18.6. The summed E-state index contributed by atoms with van der Waals surface area (Å²) in [5, 5.41) is 0. The first kappa shape index (κ1) is 16.8. The number of carbonyl (C=O) groups is 2. The third-order valence-corrected chi connectivity index (χ3v) is 5.97. The number of nitrogens with zero attached hydrogens (tertiary/aromatic N) is 4. The molecular formula is C19H22N4O4. The van der Waals surface area contributed by atoms with E-state index in [0.29, 0.717) is 39.4 Å². The number of aromatic nitrogens is 2. The van der Waals surface area contributed by atoms with Crippen molar-refractivity contribution in [3.05, 3.63) is 35.9 Å². The summed E-state index contributed by atoms with van der Waals surface area (Å²) in [6.45, 7) is 4.94. The zero-order valence-electron chi connectivity index (χ0n) is 15.2. The van der Waals surface area contributed by atoms with Crippen LogP contribution in [0.5, 0.6) is 0 Å². The monoisotopic (exact) mass is 370 g/mol. The largest absolute Gasteiger partial charge is 0.378 e. The highest BCUT2D eigenvalue weighted by molar-refractivity contribution is 5.93. The SMILES string of the molecule is Cc1cnc(CN2C[C@]34C=C[C@H](O3)[C@@H](C(=O)N3CCOCC3)[C@H]4C2=O)cn1. The fraction of sp³-hybridized carbons (Fsp3) is 0.579. The molecule has 2 amide bonds. The van der Waals surface area contributed by atoms with Crippen molar-refractivity contribution in [3.8, 4) is 0 Å². The molecule has 4 atom stereocenters. The summed E-state index contributed by atoms with van der Waals surface area (Å²) in [6.07, 6.45) is 7.00. The number of fused-ring (bicyclic) bond motifs is 1. The lowest BCUT2D eigenvalue weighted by molar-refractivity contribution is -0.146. The minimum atomic E-state index is -0.688. The fourth-order valence-electron chi connectivity index (χ4n) is 4.69. The van der Waals surface area contributed by atoms with Crippen molar-refractivity contribution in [2.24, 2.45) is 11.8 Å². The van der Waals surface area contributed by atoms with Gasteiger partial charge in [-0.1, -0.05) is 12.2 Å². The smallest absolute Gasteiger partial charge is 0.230 e. The van der Waals surface area contributed by atoms with E-state index in [9.17, 15) is 9.59 Å². The molecule has 0 aromatic carbocycles. The molecule has 27 heavy (non-hydrogen) atoms. The van der Waals surface area contributed by atoms with Gasteiger partial charge in [0.05, 0.1) is 61.8 Å². The standard InChI is InChI=1S/C19H22N4O4/c1-12-8-21-13(9-20-12)10-23-11-19-3-2-14(27-19)15(16(19)18(23)25)17(24)22-4-6-26-7-5-22/h2-3,8-9,14-16H,4-7,10-11H2,1H3/t14-,15+,16-,19-/m0/s1. The van der Waals surface area contributed by atoms with Gasteiger partial charge in [0.25, 0.3) is 0 Å². The Balaban J connectivity index is 1.38. The average Bonchev–Trinajstić information content (AvgIpc) is 3.32. The van der Waals surface area contributed by atoms with Crippen LogP contribution < -0.4 is 0 Å². The first-order chi connectivity index (χ1) is 13.1. The molecule has 0 saturated carbocycles. The number of carbonyl (C=O) groups excluding carboxylic acids is 2. The Kier molecular flexibility index (Phi) is 3.80. The van der Waals surface area contributed by atoms with E-state index >= 15 is 0 Å². The summed E-state index contributed by atoms with van der Waals surface area (Å²) in [4.78, 5) is 38.5. The second kappa shape index (κ2) is 6.10. The zero-order valence-corrected chi connectivity index (χ0v) is 15.2. The Morgan fingerprint density at radius 3 is 2.85 bits per heavy atom. The summed E-state index contributed by atoms with van der Waals surface area (Å²) in [5.74, 6) is -0.934. The predicted molar refractivity (Wildman–Crippen MR) is 93.3 cm³/mol. The Hall–Kier alpha value is -2.32. The van der Waals surface area contributed by atoms with Crippen LogP contribution in [0.1, 0.15) is 11.4 Å². The Bertz CT molecular complexity index is 804. The average molecular weight is 370 g/mol. The molecule has 8 heteroatoms. The van der Waals surface area contributed by atoms with Gasteiger partial charge in [-0.25, -0.2) is 0 Å². The van der Waals surface area contributed by atoms with Crippen LogP contribution in [0.2, 0.25) is 0 Å². The lowest BCUT2D eigenvalue weighted by atomic mass is 9.76. The van der Waals surface area contributed by atoms with Crippen molar-refractivity contribution in [1.29, 1.82) is 0 Å². The van der Waals surface area contributed by atoms with Gasteiger partial charge in [-0.05, 0) is 6.92 Å². The van der Waals surface area contributed by atoms with Crippen LogP contribution in [-0.2, 0) is 25.6 Å². The maximum absolute atomic E-state index is 13.2. The van der Waals surface area contributed by atoms with Crippen molar-refractivity contribution in [3.63, 3.8) is 0 Å². The second-order valence-electron chi connectivity index (χ2n) is 7.68. The van der Waals surface area contributed by atoms with Crippen LogP contribution in [0, 0.1) is 18.8 Å². The Morgan fingerprint density at radius 2 is 2.11 bits per heavy atom. The molecule has 1 aromatic heterocycles. The van der Waals surface area contributed by atoms with E-state index < -0.39 is 17.4 Å². The lowest BCUT2D eigenvalue weighted by Crippen LogP contribution is -2.49. The van der Waals surface area contributed by atoms with Crippen molar-refractivity contribution in [2.45, 2.75) is 25.2 Å². The van der Waals surface area contributed by atoms with E-state index in [0.717, 1.165) is 11.4 Å². The highest BCUT2D eigenvalue weighted by Gasteiger charge is 2.67. The third kappa shape index (κ3) is 2.58. The van der Waals surface area contributed by atoms with Gasteiger partial charge in [-0.2, -0.15) is 0 Å². The number of rotatable bonds is 3. The molecule has 0 radical (unpaired) electrons. The van der Waals surface area contributed by atoms with Crippen LogP contribution in [0.25, 0.3) is 0 Å². The van der Waals surface area contributed by atoms with E-state index in [-0.39, 0.29) is 17.9 Å². The van der Waals surface area contributed by atoms with Crippen LogP contribution in [0.15, 0.2) is 24.5 Å². The van der Waals surface area contributed by atoms with Gasteiger partial charge >= 0.3 is 0 Å². The molecule has 5 heterocycles. The van der Waals surface area contributed by atoms with Crippen molar-refractivity contribution < 1.29 is 19.1 Å². The molecule has 5 rings (SSSR count). The minimum absolute atomic E-state index is 0.00449. The summed E-state index contributed by atoms with van der Waals surface area (Å²) in [5.41, 5.74) is 0.884. The molecule has 0 unspecified atom stereocenters. The maximum Gasteiger partial charge on any atom is 0.230 e. The van der Waals surface area contributed by atoms with Gasteiger partial charge in [0.15, 0.2) is 0 Å². The first-order valence-corrected chi connectivity index (χ1v) is 9.37. The lowest BCUT2D eigenvalue weighted by Gasteiger charge is -2.32. The molecule has 1 spiro atoms. The van der Waals surface area contributed by atoms with Crippen LogP contribution in [0.3, 0.4) is 0 Å². The van der Waals surface area contributed by atoms with Gasteiger partial charge in [0.1, 0.15) is 5.60 Å². The van der Waals surface area contributed by atoms with E-state index in [1.54, 1.807) is 22.2 Å². The number of aryl methyl sites for hydroxylation is 1. The summed E-state index contributed by atoms with van der Waals surface area (Å²) in [7, 11) is 0. The summed E-state index contributed by atoms with van der Waals surface area (Å²) >= 11 is 0. The maximum atomic E-state index is 13.2. The van der Waals surface area contributed by atoms with Crippen LogP contribution in [-0.4, -0.2) is 76.1 Å². The Morgan fingerprint density at radius 1 is 1.30 bits per heavy atom. The van der Waals surface area contributed by atoms with E-state index in [1.165, 1.54) is 0 Å². The molecule has 0 aliphatic carbocycles. The third-order valence-electron chi connectivity index (χ3n) is 5.97. The molecule has 0 N–H and O–H groups in total. The predicted octanol–water partition coefficient (Wildman–Crippen LogP) is -0.0742. The van der Waals surface area contributed by atoms with Gasteiger partial charge in [0.2, 0.25) is 11.8 Å². The van der Waals surface area contributed by atoms with Crippen LogP contribution in [0.4, 0.5) is 0 Å². The van der Waals surface area contributed by atoms with Crippen LogP contribution >= 0.6 is 0 Å². The molecule has 3 saturated heterocycles. The molecule has 4 aliphatic rings. The highest BCUT2D eigenvalue weighted by Crippen LogP contribution is 2.52. The molecule has 142 valence electrons. The minimum Gasteiger partial charge on any atom is -0.378 e. The number of hydrogen-bond acceptors (Lipinski definition) is 6. The molecule has 1 aromatic rings. The van der Waals surface area contributed by atoms with E-state index in [4.69, 9.17) is 9.47 Å². The first-order valence-electron chi connectivity index (χ1n) is 9.37. The van der Waals surface area contributed by atoms with Gasteiger partial charge in [-0.15, -0.1) is 0 Å². The molecular weight excluding hydrogens is 348 g/mol. The topological polar surface area (TPSA) is 84.9 Å². The number of hydrogen-bond donors (Lipinski definition) is 0. The van der Waals surface area contributed by atoms with Gasteiger partial charge in [-0.3, -0.25) is 19.6 Å². The normalized spacial score (nSPS) is 34.4. The van der Waals surface area contributed by atoms with E-state index in [1.807, 2.05) is 19.1 Å². The molecule has 4 aliphatic heterocycles. The van der Waals surface area contributed by atoms with Crippen molar-refractivity contribution in [1.82, 2.24) is 19.8 Å². The summed E-state index contributed by atoms with van der Waals surface area (Å²) < 4.78 is 11.5. The number of ether oxygens (including phenoxy) is 2. The number of amides is 2. The molecule has 8 nitrogen and oxygen atoms in total. The highest BCUT2D eigenvalue weighted by atomic mass is 16.5. The van der Waals surface area contributed by atoms with Gasteiger partial charge < -0.3 is 19.3 Å². The summed E-state index contributed by atoms with van der Waals surface area (Å²) in [6, 6.07) is 0. The Labute approximate surface area is 157 Å². The van der Waals surface area contributed by atoms with E-state index in [2.05, 4.69) is 9.97 Å². The number of likely N-dealkylation sites (tertiary alicyclic amines) is 1. The second-order valence-corrected chi connectivity index (χ2v) is 7.68. The molecule has 3 fully saturated rings. The quantitative estimate of drug-likeness (QED) is 0.693.